The molecule has 0 aliphatic heterocycles. The van der Waals surface area contributed by atoms with E-state index in [-0.39, 0.29) is 5.95 Å². The van der Waals surface area contributed by atoms with E-state index in [1.165, 1.54) is 32.1 Å². The van der Waals surface area contributed by atoms with Crippen molar-refractivity contribution in [1.82, 2.24) is 19.9 Å². The zero-order chi connectivity index (χ0) is 20.1. The Morgan fingerprint density at radius 3 is 2.79 bits per heavy atom. The van der Waals surface area contributed by atoms with Crippen LogP contribution >= 0.6 is 35.6 Å². The number of rotatable bonds is 5. The zero-order valence-electron chi connectivity index (χ0n) is 16.1. The van der Waals surface area contributed by atoms with Crippen LogP contribution in [0.15, 0.2) is 18.2 Å². The molecule has 0 atom stereocenters. The van der Waals surface area contributed by atoms with E-state index in [4.69, 9.17) is 29.6 Å². The summed E-state index contributed by atoms with van der Waals surface area (Å²) in [6.45, 7) is 1.94. The number of anilines is 3. The maximum absolute atomic E-state index is 6.18. The SMILES string of the molecule is Cc1c(Cl)cccc1Nc1nc(N)nc(CSC(=S)N(C)C2CCCCC2)n1. The van der Waals surface area contributed by atoms with Gasteiger partial charge in [-0.15, -0.1) is 0 Å². The van der Waals surface area contributed by atoms with Crippen LogP contribution in [0.1, 0.15) is 43.5 Å². The highest BCUT2D eigenvalue weighted by molar-refractivity contribution is 8.22. The van der Waals surface area contributed by atoms with Gasteiger partial charge in [0.2, 0.25) is 11.9 Å². The van der Waals surface area contributed by atoms with E-state index < -0.39 is 0 Å². The normalized spacial score (nSPS) is 14.7. The van der Waals surface area contributed by atoms with Crippen molar-refractivity contribution in [3.05, 3.63) is 34.6 Å². The number of nitrogens with zero attached hydrogens (tertiary/aromatic N) is 4. The van der Waals surface area contributed by atoms with E-state index in [0.29, 0.717) is 28.6 Å². The molecule has 1 aliphatic carbocycles. The van der Waals surface area contributed by atoms with Gasteiger partial charge in [-0.1, -0.05) is 60.9 Å². The maximum atomic E-state index is 6.18. The van der Waals surface area contributed by atoms with E-state index in [2.05, 4.69) is 32.2 Å². The van der Waals surface area contributed by atoms with Crippen molar-refractivity contribution in [1.29, 1.82) is 0 Å². The monoisotopic (exact) mass is 436 g/mol. The van der Waals surface area contributed by atoms with Crippen LogP contribution in [0.4, 0.5) is 17.6 Å². The Morgan fingerprint density at radius 2 is 2.04 bits per heavy atom. The molecule has 3 N–H and O–H groups in total. The summed E-state index contributed by atoms with van der Waals surface area (Å²) in [5.74, 6) is 1.73. The molecule has 1 saturated carbocycles. The average Bonchev–Trinajstić information content (AvgIpc) is 2.69. The van der Waals surface area contributed by atoms with Gasteiger partial charge in [-0.05, 0) is 37.5 Å². The lowest BCUT2D eigenvalue weighted by Gasteiger charge is -2.32. The molecule has 1 aromatic carbocycles. The lowest BCUT2D eigenvalue weighted by atomic mass is 9.95. The third-order valence-electron chi connectivity index (χ3n) is 4.95. The fraction of sp³-hybridized carbons (Fsp3) is 0.474. The Labute approximate surface area is 180 Å². The first-order valence-corrected chi connectivity index (χ1v) is 11.1. The number of thioether (sulfide) groups is 1. The average molecular weight is 437 g/mol. The predicted octanol–water partition coefficient (Wildman–Crippen LogP) is 4.94. The topological polar surface area (TPSA) is 80.0 Å². The van der Waals surface area contributed by atoms with Gasteiger partial charge >= 0.3 is 0 Å². The van der Waals surface area contributed by atoms with Crippen molar-refractivity contribution >= 4 is 57.5 Å². The largest absolute Gasteiger partial charge is 0.368 e. The lowest BCUT2D eigenvalue weighted by Crippen LogP contribution is -2.35. The maximum Gasteiger partial charge on any atom is 0.232 e. The van der Waals surface area contributed by atoms with E-state index in [1.807, 2.05) is 25.1 Å². The highest BCUT2D eigenvalue weighted by Gasteiger charge is 2.20. The standard InChI is InChI=1S/C19H25ClN6S2/c1-12-14(20)9-6-10-15(12)22-18-24-16(23-17(21)25-18)11-28-19(27)26(2)13-7-4-3-5-8-13/h6,9-10,13H,3-5,7-8,11H2,1-2H3,(H3,21,22,23,24,25). The molecule has 0 bridgehead atoms. The molecule has 1 aliphatic rings. The minimum atomic E-state index is 0.180. The molecule has 1 heterocycles. The van der Waals surface area contributed by atoms with Crippen molar-refractivity contribution in [2.75, 3.05) is 18.1 Å². The molecule has 0 amide bonds. The molecular weight excluding hydrogens is 412 g/mol. The molecule has 28 heavy (non-hydrogen) atoms. The van der Waals surface area contributed by atoms with Crippen molar-refractivity contribution < 1.29 is 0 Å². The predicted molar refractivity (Wildman–Crippen MR) is 122 cm³/mol. The first-order valence-electron chi connectivity index (χ1n) is 9.36. The van der Waals surface area contributed by atoms with Gasteiger partial charge in [0, 0.05) is 23.8 Å². The second-order valence-corrected chi connectivity index (χ2v) is 8.94. The molecule has 6 nitrogen and oxygen atoms in total. The van der Waals surface area contributed by atoms with E-state index in [9.17, 15) is 0 Å². The van der Waals surface area contributed by atoms with Crippen LogP contribution in [0.3, 0.4) is 0 Å². The number of thiocarbonyl (C=S) groups is 1. The van der Waals surface area contributed by atoms with Gasteiger partial charge in [-0.2, -0.15) is 15.0 Å². The number of nitrogens with two attached hydrogens (primary N) is 1. The quantitative estimate of drug-likeness (QED) is 0.637. The minimum Gasteiger partial charge on any atom is -0.368 e. The number of nitrogens with one attached hydrogen (secondary N) is 1. The first-order chi connectivity index (χ1) is 13.4. The number of halogens is 1. The Kier molecular flexibility index (Phi) is 7.31. The number of hydrogen-bond donors (Lipinski definition) is 2. The van der Waals surface area contributed by atoms with Crippen LogP contribution in [-0.2, 0) is 5.75 Å². The molecular formula is C19H25ClN6S2. The Hall–Kier alpha value is -1.64. The van der Waals surface area contributed by atoms with Crippen molar-refractivity contribution in [2.45, 2.75) is 50.8 Å². The van der Waals surface area contributed by atoms with Gasteiger partial charge in [0.25, 0.3) is 0 Å². The Bertz CT molecular complexity index is 841. The summed E-state index contributed by atoms with van der Waals surface area (Å²) in [5, 5.41) is 3.86. The lowest BCUT2D eigenvalue weighted by molar-refractivity contribution is 0.285. The smallest absolute Gasteiger partial charge is 0.232 e. The molecule has 1 fully saturated rings. The summed E-state index contributed by atoms with van der Waals surface area (Å²) in [4.78, 5) is 15.1. The van der Waals surface area contributed by atoms with Crippen LogP contribution in [0.2, 0.25) is 5.02 Å². The molecule has 0 saturated heterocycles. The van der Waals surface area contributed by atoms with Gasteiger partial charge in [-0.25, -0.2) is 0 Å². The van der Waals surface area contributed by atoms with Gasteiger partial charge in [0.15, 0.2) is 0 Å². The summed E-state index contributed by atoms with van der Waals surface area (Å²) in [6.07, 6.45) is 6.32. The number of nitrogen functional groups attached to an aromatic ring is 1. The number of hydrogen-bond acceptors (Lipinski definition) is 7. The number of benzene rings is 1. The molecule has 150 valence electrons. The van der Waals surface area contributed by atoms with Gasteiger partial charge in [0.1, 0.15) is 10.1 Å². The fourth-order valence-corrected chi connectivity index (χ4v) is 4.50. The highest BCUT2D eigenvalue weighted by atomic mass is 35.5. The van der Waals surface area contributed by atoms with Crippen LogP contribution < -0.4 is 11.1 Å². The number of aromatic nitrogens is 3. The van der Waals surface area contributed by atoms with Crippen molar-refractivity contribution in [3.8, 4) is 0 Å². The van der Waals surface area contributed by atoms with Crippen LogP contribution in [0, 0.1) is 6.92 Å². The second-order valence-electron chi connectivity index (χ2n) is 6.93. The van der Waals surface area contributed by atoms with Crippen molar-refractivity contribution in [3.63, 3.8) is 0 Å². The summed E-state index contributed by atoms with van der Waals surface area (Å²) in [6, 6.07) is 6.18. The van der Waals surface area contributed by atoms with Gasteiger partial charge in [-0.3, -0.25) is 0 Å². The fourth-order valence-electron chi connectivity index (χ4n) is 3.27. The molecule has 9 heteroatoms. The molecule has 1 aromatic heterocycles. The zero-order valence-corrected chi connectivity index (χ0v) is 18.5. The van der Waals surface area contributed by atoms with Gasteiger partial charge in [0.05, 0.1) is 5.75 Å². The molecule has 2 aromatic rings. The van der Waals surface area contributed by atoms with Gasteiger partial charge < -0.3 is 16.0 Å². The summed E-state index contributed by atoms with van der Waals surface area (Å²) in [7, 11) is 2.09. The Morgan fingerprint density at radius 1 is 1.29 bits per heavy atom. The summed E-state index contributed by atoms with van der Waals surface area (Å²) < 4.78 is 0.867. The third-order valence-corrected chi connectivity index (χ3v) is 6.94. The summed E-state index contributed by atoms with van der Waals surface area (Å²) >= 11 is 13.4. The highest BCUT2D eigenvalue weighted by Crippen LogP contribution is 2.27. The van der Waals surface area contributed by atoms with E-state index >= 15 is 0 Å². The molecule has 0 unspecified atom stereocenters. The van der Waals surface area contributed by atoms with E-state index in [1.54, 1.807) is 11.8 Å². The molecule has 3 rings (SSSR count). The van der Waals surface area contributed by atoms with Crippen LogP contribution in [0.5, 0.6) is 0 Å². The second kappa shape index (κ2) is 9.71. The third kappa shape index (κ3) is 5.46. The molecule has 0 radical (unpaired) electrons. The molecule has 0 spiro atoms. The van der Waals surface area contributed by atoms with Crippen molar-refractivity contribution in [2.24, 2.45) is 0 Å². The van der Waals surface area contributed by atoms with Crippen LogP contribution in [-0.4, -0.2) is 37.3 Å². The summed E-state index contributed by atoms with van der Waals surface area (Å²) in [5.41, 5.74) is 7.65. The van der Waals surface area contributed by atoms with E-state index in [0.717, 1.165) is 15.6 Å². The van der Waals surface area contributed by atoms with Crippen LogP contribution in [0.25, 0.3) is 0 Å². The Balaban J connectivity index is 1.64. The minimum absolute atomic E-state index is 0.180. The first kappa shape index (κ1) is 21.1.